The largest absolute Gasteiger partial charge is 0.301 e. The zero-order valence-corrected chi connectivity index (χ0v) is 17.2. The molecule has 1 aromatic heterocycles. The normalized spacial score (nSPS) is 11.2. The Balaban J connectivity index is 1.56. The summed E-state index contributed by atoms with van der Waals surface area (Å²) in [6.45, 7) is 0.100. The lowest BCUT2D eigenvalue weighted by atomic mass is 10.2. The fourth-order valence-electron chi connectivity index (χ4n) is 2.63. The molecule has 0 fully saturated rings. The highest BCUT2D eigenvalue weighted by molar-refractivity contribution is 7.92. The maximum absolute atomic E-state index is 13.1. The number of halogens is 1. The van der Waals surface area contributed by atoms with Crippen LogP contribution in [0.2, 0.25) is 0 Å². The first-order chi connectivity index (χ1) is 13.8. The van der Waals surface area contributed by atoms with Gasteiger partial charge in [-0.05, 0) is 30.7 Å². The van der Waals surface area contributed by atoms with Crippen LogP contribution in [0.3, 0.4) is 0 Å². The molecule has 29 heavy (non-hydrogen) atoms. The molecule has 0 saturated heterocycles. The van der Waals surface area contributed by atoms with Crippen LogP contribution in [-0.4, -0.2) is 37.3 Å². The van der Waals surface area contributed by atoms with Gasteiger partial charge in [0.15, 0.2) is 0 Å². The Bertz CT molecular complexity index is 1070. The summed E-state index contributed by atoms with van der Waals surface area (Å²) < 4.78 is 38.3. The summed E-state index contributed by atoms with van der Waals surface area (Å²) in [6.07, 6.45) is 1.47. The second-order valence-electron chi connectivity index (χ2n) is 6.24. The molecule has 0 atom stereocenters. The monoisotopic (exact) mass is 434 g/mol. The lowest BCUT2D eigenvalue weighted by Crippen LogP contribution is -2.31. The highest BCUT2D eigenvalue weighted by atomic mass is 32.2. The lowest BCUT2D eigenvalue weighted by Gasteiger charge is -2.22. The van der Waals surface area contributed by atoms with Gasteiger partial charge in [0.25, 0.3) is 0 Å². The molecule has 0 bridgehead atoms. The molecule has 3 aromatic rings. The molecule has 0 unspecified atom stereocenters. The van der Waals surface area contributed by atoms with Crippen LogP contribution in [0.4, 0.5) is 15.2 Å². The number of benzene rings is 2. The maximum atomic E-state index is 13.1. The van der Waals surface area contributed by atoms with E-state index in [1.165, 1.54) is 35.6 Å². The van der Waals surface area contributed by atoms with E-state index in [2.05, 4.69) is 15.5 Å². The van der Waals surface area contributed by atoms with E-state index in [1.54, 1.807) is 0 Å². The number of carbonyl (C=O) groups is 1. The van der Waals surface area contributed by atoms with Crippen molar-refractivity contribution in [2.75, 3.05) is 22.4 Å². The van der Waals surface area contributed by atoms with Crippen LogP contribution in [-0.2, 0) is 14.8 Å². The third kappa shape index (κ3) is 5.81. The van der Waals surface area contributed by atoms with Crippen LogP contribution < -0.4 is 9.62 Å². The highest BCUT2D eigenvalue weighted by Gasteiger charge is 2.18. The van der Waals surface area contributed by atoms with Crippen LogP contribution in [0.25, 0.3) is 10.6 Å². The van der Waals surface area contributed by atoms with E-state index < -0.39 is 15.8 Å². The third-order valence-corrected chi connectivity index (χ3v) is 6.05. The van der Waals surface area contributed by atoms with E-state index in [9.17, 15) is 17.6 Å². The van der Waals surface area contributed by atoms with Crippen molar-refractivity contribution < 1.29 is 17.6 Å². The first-order valence-corrected chi connectivity index (χ1v) is 11.4. The summed E-state index contributed by atoms with van der Waals surface area (Å²) in [5.41, 5.74) is 1.26. The number of rotatable bonds is 8. The fraction of sp³-hybridized carbons (Fsp3) is 0.211. The van der Waals surface area contributed by atoms with Gasteiger partial charge in [-0.3, -0.25) is 9.10 Å². The number of carbonyl (C=O) groups excluding carboxylic acids is 1. The third-order valence-electron chi connectivity index (χ3n) is 3.97. The Kier molecular flexibility index (Phi) is 6.55. The molecule has 152 valence electrons. The van der Waals surface area contributed by atoms with E-state index in [4.69, 9.17) is 0 Å². The Morgan fingerprint density at radius 3 is 2.45 bits per heavy atom. The molecular weight excluding hydrogens is 415 g/mol. The second-order valence-corrected chi connectivity index (χ2v) is 9.13. The van der Waals surface area contributed by atoms with Crippen molar-refractivity contribution in [2.24, 2.45) is 0 Å². The van der Waals surface area contributed by atoms with Crippen LogP contribution in [0.15, 0.2) is 54.6 Å². The first kappa shape index (κ1) is 20.9. The van der Waals surface area contributed by atoms with Gasteiger partial charge in [0.2, 0.25) is 21.1 Å². The smallest absolute Gasteiger partial charge is 0.232 e. The first-order valence-electron chi connectivity index (χ1n) is 8.75. The SMILES string of the molecule is CS(=O)(=O)N(CCCC(=O)Nc1nnc(-c2ccccc2)s1)c1ccc(F)cc1. The molecule has 1 N–H and O–H groups in total. The Hall–Kier alpha value is -2.85. The van der Waals surface area contributed by atoms with Gasteiger partial charge in [-0.1, -0.05) is 41.7 Å². The van der Waals surface area contributed by atoms with Crippen molar-refractivity contribution in [2.45, 2.75) is 12.8 Å². The number of hydrogen-bond donors (Lipinski definition) is 1. The number of nitrogens with zero attached hydrogens (tertiary/aromatic N) is 3. The quantitative estimate of drug-likeness (QED) is 0.586. The Morgan fingerprint density at radius 1 is 1.10 bits per heavy atom. The fourth-order valence-corrected chi connectivity index (χ4v) is 4.36. The highest BCUT2D eigenvalue weighted by Crippen LogP contribution is 2.26. The summed E-state index contributed by atoms with van der Waals surface area (Å²) in [4.78, 5) is 12.2. The predicted octanol–water partition coefficient (Wildman–Crippen LogP) is 3.53. The molecule has 0 radical (unpaired) electrons. The number of hydrogen-bond acceptors (Lipinski definition) is 6. The van der Waals surface area contributed by atoms with Gasteiger partial charge in [-0.25, -0.2) is 12.8 Å². The average molecular weight is 435 g/mol. The number of amides is 1. The molecular formula is C19H19FN4O3S2. The summed E-state index contributed by atoms with van der Waals surface area (Å²) in [5.74, 6) is -0.734. The van der Waals surface area contributed by atoms with Gasteiger partial charge in [0.05, 0.1) is 11.9 Å². The van der Waals surface area contributed by atoms with Gasteiger partial charge in [-0.15, -0.1) is 10.2 Å². The van der Waals surface area contributed by atoms with E-state index in [0.717, 1.165) is 16.1 Å². The molecule has 3 rings (SSSR count). The van der Waals surface area contributed by atoms with Crippen molar-refractivity contribution in [1.82, 2.24) is 10.2 Å². The number of sulfonamides is 1. The molecule has 7 nitrogen and oxygen atoms in total. The minimum atomic E-state index is -3.56. The van der Waals surface area contributed by atoms with E-state index in [0.29, 0.717) is 22.2 Å². The van der Waals surface area contributed by atoms with Crippen LogP contribution in [0, 0.1) is 5.82 Å². The van der Waals surface area contributed by atoms with Crippen molar-refractivity contribution in [3.63, 3.8) is 0 Å². The van der Waals surface area contributed by atoms with Gasteiger partial charge in [-0.2, -0.15) is 0 Å². The van der Waals surface area contributed by atoms with Gasteiger partial charge < -0.3 is 5.32 Å². The summed E-state index contributed by atoms with van der Waals surface area (Å²) in [5, 5.41) is 11.8. The van der Waals surface area contributed by atoms with Crippen molar-refractivity contribution in [1.29, 1.82) is 0 Å². The molecule has 0 saturated carbocycles. The second kappa shape index (κ2) is 9.10. The standard InChI is InChI=1S/C19H19FN4O3S2/c1-29(26,27)24(16-11-9-15(20)10-12-16)13-5-8-17(25)21-19-23-22-18(28-19)14-6-3-2-4-7-14/h2-4,6-7,9-12H,5,8,13H2,1H3,(H,21,23,25). The topological polar surface area (TPSA) is 92.3 Å². The van der Waals surface area contributed by atoms with Crippen molar-refractivity contribution in [3.05, 3.63) is 60.4 Å². The Morgan fingerprint density at radius 2 is 1.79 bits per heavy atom. The summed E-state index contributed by atoms with van der Waals surface area (Å²) in [7, 11) is -3.56. The molecule has 1 amide bonds. The summed E-state index contributed by atoms with van der Waals surface area (Å²) in [6, 6.07) is 14.7. The molecule has 0 aliphatic heterocycles. The van der Waals surface area contributed by atoms with Crippen molar-refractivity contribution >= 4 is 38.1 Å². The summed E-state index contributed by atoms with van der Waals surface area (Å²) >= 11 is 1.26. The zero-order chi connectivity index (χ0) is 20.9. The van der Waals surface area contributed by atoms with E-state index >= 15 is 0 Å². The van der Waals surface area contributed by atoms with E-state index in [-0.39, 0.29) is 18.9 Å². The maximum Gasteiger partial charge on any atom is 0.232 e. The number of anilines is 2. The zero-order valence-electron chi connectivity index (χ0n) is 15.6. The molecule has 0 spiro atoms. The Labute approximate surface area is 172 Å². The van der Waals surface area contributed by atoms with Crippen molar-refractivity contribution in [3.8, 4) is 10.6 Å². The van der Waals surface area contributed by atoms with Crippen LogP contribution >= 0.6 is 11.3 Å². The van der Waals surface area contributed by atoms with Crippen LogP contribution in [0.1, 0.15) is 12.8 Å². The number of aromatic nitrogens is 2. The molecule has 0 aliphatic rings. The van der Waals surface area contributed by atoms with Gasteiger partial charge in [0, 0.05) is 18.5 Å². The van der Waals surface area contributed by atoms with Gasteiger partial charge in [0.1, 0.15) is 10.8 Å². The predicted molar refractivity (Wildman–Crippen MR) is 112 cm³/mol. The average Bonchev–Trinajstić information content (AvgIpc) is 3.14. The number of nitrogens with one attached hydrogen (secondary N) is 1. The molecule has 10 heteroatoms. The van der Waals surface area contributed by atoms with Crippen LogP contribution in [0.5, 0.6) is 0 Å². The molecule has 0 aliphatic carbocycles. The van der Waals surface area contributed by atoms with E-state index in [1.807, 2.05) is 30.3 Å². The van der Waals surface area contributed by atoms with Gasteiger partial charge >= 0.3 is 0 Å². The minimum Gasteiger partial charge on any atom is -0.301 e. The minimum absolute atomic E-state index is 0.100. The lowest BCUT2D eigenvalue weighted by molar-refractivity contribution is -0.116. The molecule has 1 heterocycles. The molecule has 2 aromatic carbocycles.